The van der Waals surface area contributed by atoms with Crippen molar-refractivity contribution in [3.05, 3.63) is 41.5 Å². The number of benzene rings is 1. The molecule has 4 nitrogen and oxygen atoms in total. The van der Waals surface area contributed by atoms with Crippen LogP contribution in [0.5, 0.6) is 0 Å². The highest BCUT2D eigenvalue weighted by Crippen LogP contribution is 2.18. The summed E-state index contributed by atoms with van der Waals surface area (Å²) >= 11 is 0. The minimum Gasteiger partial charge on any atom is -0.332 e. The summed E-state index contributed by atoms with van der Waals surface area (Å²) in [6, 6.07) is 4.89. The van der Waals surface area contributed by atoms with Crippen LogP contribution in [-0.2, 0) is 9.59 Å². The van der Waals surface area contributed by atoms with Crippen LogP contribution in [0.25, 0.3) is 6.08 Å². The van der Waals surface area contributed by atoms with E-state index in [1.165, 1.54) is 18.7 Å². The summed E-state index contributed by atoms with van der Waals surface area (Å²) < 4.78 is 0. The number of nitrogens with zero attached hydrogens (tertiary/aromatic N) is 1. The van der Waals surface area contributed by atoms with E-state index in [2.05, 4.69) is 6.58 Å². The van der Waals surface area contributed by atoms with Crippen molar-refractivity contribution in [3.8, 4) is 0 Å². The molecule has 0 heterocycles. The summed E-state index contributed by atoms with van der Waals surface area (Å²) in [6.07, 6.45) is 2.26. The number of amides is 1. The van der Waals surface area contributed by atoms with Crippen molar-refractivity contribution >= 4 is 23.5 Å². The molecule has 0 aliphatic rings. The van der Waals surface area contributed by atoms with Crippen LogP contribution in [-0.4, -0.2) is 35.5 Å². The second kappa shape index (κ2) is 7.69. The minimum absolute atomic E-state index is 0.00853. The van der Waals surface area contributed by atoms with Gasteiger partial charge in [-0.3, -0.25) is 9.59 Å². The molecule has 0 spiro atoms. The molecular weight excluding hydrogens is 278 g/mol. The number of carbonyl (C=O) groups excluding carboxylic acids is 3. The van der Waals surface area contributed by atoms with E-state index in [9.17, 15) is 14.4 Å². The topological polar surface area (TPSA) is 54.5 Å². The molecule has 1 atom stereocenters. The van der Waals surface area contributed by atoms with Gasteiger partial charge in [-0.2, -0.15) is 0 Å². The molecule has 1 amide bonds. The largest absolute Gasteiger partial charge is 0.332 e. The first-order valence-corrected chi connectivity index (χ1v) is 7.28. The first-order valence-electron chi connectivity index (χ1n) is 7.28. The first kappa shape index (κ1) is 17.8. The molecule has 1 rings (SSSR count). The number of hydrogen-bond acceptors (Lipinski definition) is 3. The van der Waals surface area contributed by atoms with Crippen molar-refractivity contribution in [3.63, 3.8) is 0 Å². The molecule has 1 aromatic rings. The normalized spacial score (nSPS) is 11.6. The molecule has 1 unspecified atom stereocenters. The third kappa shape index (κ3) is 4.38. The molecule has 0 fully saturated rings. The fourth-order valence-corrected chi connectivity index (χ4v) is 2.39. The molecule has 22 heavy (non-hydrogen) atoms. The quantitative estimate of drug-likeness (QED) is 0.778. The van der Waals surface area contributed by atoms with Crippen molar-refractivity contribution in [1.82, 2.24) is 4.90 Å². The van der Waals surface area contributed by atoms with Gasteiger partial charge in [0.25, 0.3) is 5.91 Å². The third-order valence-electron chi connectivity index (χ3n) is 3.68. The van der Waals surface area contributed by atoms with Gasteiger partial charge in [0.1, 0.15) is 5.78 Å². The summed E-state index contributed by atoms with van der Waals surface area (Å²) in [5.74, 6) is -0.350. The van der Waals surface area contributed by atoms with Gasteiger partial charge < -0.3 is 9.69 Å². The highest BCUT2D eigenvalue weighted by atomic mass is 16.2. The standard InChI is InChI=1S/C18H23NO3/c1-6-15-11-12(2)7-9-16(15)18(22)19(5)17(14(4)21)10-8-13(3)20/h6-7,9,11,17H,1,8,10H2,2-5H3. The summed E-state index contributed by atoms with van der Waals surface area (Å²) in [6.45, 7) is 8.60. The van der Waals surface area contributed by atoms with Gasteiger partial charge in [0.05, 0.1) is 6.04 Å². The van der Waals surface area contributed by atoms with Gasteiger partial charge in [-0.15, -0.1) is 0 Å². The Bertz CT molecular complexity index is 604. The van der Waals surface area contributed by atoms with Gasteiger partial charge in [0, 0.05) is 19.0 Å². The van der Waals surface area contributed by atoms with Gasteiger partial charge >= 0.3 is 0 Å². The predicted octanol–water partition coefficient (Wildman–Crippen LogP) is 3.04. The van der Waals surface area contributed by atoms with Gasteiger partial charge in [-0.05, 0) is 38.8 Å². The molecule has 118 valence electrons. The Morgan fingerprint density at radius 1 is 1.27 bits per heavy atom. The average Bonchev–Trinajstić information content (AvgIpc) is 2.45. The smallest absolute Gasteiger partial charge is 0.254 e. The van der Waals surface area contributed by atoms with Crippen molar-refractivity contribution in [2.24, 2.45) is 0 Å². The van der Waals surface area contributed by atoms with E-state index >= 15 is 0 Å². The van der Waals surface area contributed by atoms with Crippen molar-refractivity contribution in [2.75, 3.05) is 7.05 Å². The molecule has 0 saturated heterocycles. The molecular formula is C18H23NO3. The van der Waals surface area contributed by atoms with Crippen molar-refractivity contribution < 1.29 is 14.4 Å². The van der Waals surface area contributed by atoms with Crippen molar-refractivity contribution in [2.45, 2.75) is 39.7 Å². The van der Waals surface area contributed by atoms with Gasteiger partial charge in [0.15, 0.2) is 5.78 Å². The molecule has 0 aromatic heterocycles. The Morgan fingerprint density at radius 2 is 1.91 bits per heavy atom. The third-order valence-corrected chi connectivity index (χ3v) is 3.68. The molecule has 1 aromatic carbocycles. The van der Waals surface area contributed by atoms with E-state index in [0.717, 1.165) is 11.1 Å². The Hall–Kier alpha value is -2.23. The van der Waals surface area contributed by atoms with Crippen LogP contribution in [0.2, 0.25) is 0 Å². The van der Waals surface area contributed by atoms with Gasteiger partial charge in [-0.1, -0.05) is 30.4 Å². The van der Waals surface area contributed by atoms with E-state index in [1.54, 1.807) is 19.2 Å². The molecule has 0 N–H and O–H groups in total. The predicted molar refractivity (Wildman–Crippen MR) is 87.7 cm³/mol. The zero-order chi connectivity index (χ0) is 16.9. The second-order valence-corrected chi connectivity index (χ2v) is 5.58. The molecule has 0 aliphatic heterocycles. The second-order valence-electron chi connectivity index (χ2n) is 5.58. The lowest BCUT2D eigenvalue weighted by Crippen LogP contribution is -2.42. The van der Waals surface area contributed by atoms with Crippen LogP contribution < -0.4 is 0 Å². The molecule has 0 saturated carbocycles. The lowest BCUT2D eigenvalue weighted by molar-refractivity contribution is -0.122. The Labute approximate surface area is 131 Å². The van der Waals surface area contributed by atoms with E-state index in [4.69, 9.17) is 0 Å². The maximum absolute atomic E-state index is 12.7. The number of Topliss-reactive ketones (excluding diaryl/α,β-unsaturated/α-hetero) is 2. The highest BCUT2D eigenvalue weighted by Gasteiger charge is 2.26. The summed E-state index contributed by atoms with van der Waals surface area (Å²) in [4.78, 5) is 37.0. The monoisotopic (exact) mass is 301 g/mol. The Balaban J connectivity index is 3.05. The average molecular weight is 301 g/mol. The molecule has 0 bridgehead atoms. The zero-order valence-electron chi connectivity index (χ0n) is 13.7. The van der Waals surface area contributed by atoms with Crippen LogP contribution in [0.3, 0.4) is 0 Å². The van der Waals surface area contributed by atoms with Gasteiger partial charge in [0.2, 0.25) is 0 Å². The molecule has 0 aliphatic carbocycles. The Kier molecular flexibility index (Phi) is 6.23. The van der Waals surface area contributed by atoms with Crippen molar-refractivity contribution in [1.29, 1.82) is 0 Å². The fourth-order valence-electron chi connectivity index (χ4n) is 2.39. The number of hydrogen-bond donors (Lipinski definition) is 0. The summed E-state index contributed by atoms with van der Waals surface area (Å²) in [5, 5.41) is 0. The van der Waals surface area contributed by atoms with Crippen LogP contribution >= 0.6 is 0 Å². The fraction of sp³-hybridized carbons (Fsp3) is 0.389. The maximum atomic E-state index is 12.7. The molecule has 4 heteroatoms. The van der Waals surface area contributed by atoms with E-state index in [0.29, 0.717) is 12.0 Å². The lowest BCUT2D eigenvalue weighted by Gasteiger charge is -2.26. The van der Waals surface area contributed by atoms with Crippen LogP contribution in [0.1, 0.15) is 48.2 Å². The van der Waals surface area contributed by atoms with Crippen LogP contribution in [0.4, 0.5) is 0 Å². The van der Waals surface area contributed by atoms with E-state index in [-0.39, 0.29) is 23.9 Å². The minimum atomic E-state index is -0.588. The number of rotatable bonds is 7. The number of aryl methyl sites for hydroxylation is 1. The lowest BCUT2D eigenvalue weighted by atomic mass is 10.0. The zero-order valence-corrected chi connectivity index (χ0v) is 13.7. The SMILES string of the molecule is C=Cc1cc(C)ccc1C(=O)N(C)C(CCC(C)=O)C(C)=O. The first-order chi connectivity index (χ1) is 10.3. The van der Waals surface area contributed by atoms with E-state index < -0.39 is 6.04 Å². The number of ketones is 2. The van der Waals surface area contributed by atoms with E-state index in [1.807, 2.05) is 19.1 Å². The Morgan fingerprint density at radius 3 is 2.41 bits per heavy atom. The van der Waals surface area contributed by atoms with Crippen LogP contribution in [0, 0.1) is 6.92 Å². The number of likely N-dealkylation sites (N-methyl/N-ethyl adjacent to an activating group) is 1. The number of carbonyl (C=O) groups is 3. The maximum Gasteiger partial charge on any atom is 0.254 e. The highest BCUT2D eigenvalue weighted by molar-refractivity contribution is 6.00. The summed E-state index contributed by atoms with van der Waals surface area (Å²) in [5.41, 5.74) is 2.29. The summed E-state index contributed by atoms with van der Waals surface area (Å²) in [7, 11) is 1.60. The van der Waals surface area contributed by atoms with Crippen LogP contribution in [0.15, 0.2) is 24.8 Å². The van der Waals surface area contributed by atoms with Gasteiger partial charge in [-0.25, -0.2) is 0 Å². The molecule has 0 radical (unpaired) electrons.